The quantitative estimate of drug-likeness (QED) is 0.256. The first kappa shape index (κ1) is 23.6. The molecule has 5 aromatic rings. The van der Waals surface area contributed by atoms with Gasteiger partial charge in [-0.3, -0.25) is 0 Å². The summed E-state index contributed by atoms with van der Waals surface area (Å²) < 4.78 is 5.81. The zero-order valence-electron chi connectivity index (χ0n) is 19.7. The number of carboxylic acid groups (broad SMARTS) is 1. The van der Waals surface area contributed by atoms with E-state index < -0.39 is 5.97 Å². The molecule has 3 N–H and O–H groups in total. The molecule has 8 nitrogen and oxygen atoms in total. The topological polar surface area (TPSA) is 107 Å². The summed E-state index contributed by atoms with van der Waals surface area (Å²) in [7, 11) is 4.00. The first-order valence-electron chi connectivity index (χ1n) is 11.3. The van der Waals surface area contributed by atoms with Gasteiger partial charge in [-0.25, -0.2) is 14.8 Å². The fraction of sp³-hybridized carbons (Fsp3) is 0.148. The van der Waals surface area contributed by atoms with Gasteiger partial charge in [0.2, 0.25) is 0 Å². The molecule has 0 saturated carbocycles. The number of carboxylic acids is 1. The Morgan fingerprint density at radius 3 is 2.64 bits per heavy atom. The number of ether oxygens (including phenoxy) is 1. The van der Waals surface area contributed by atoms with Crippen molar-refractivity contribution in [2.75, 3.05) is 27.2 Å². The number of hydrogen-bond acceptors (Lipinski definition) is 5. The molecule has 0 spiro atoms. The number of imidazole rings is 1. The van der Waals surface area contributed by atoms with E-state index in [0.717, 1.165) is 40.1 Å². The number of H-pyrrole nitrogens is 2. The van der Waals surface area contributed by atoms with Crippen molar-refractivity contribution in [1.82, 2.24) is 24.8 Å². The number of aromatic carboxylic acids is 1. The second-order valence-electron chi connectivity index (χ2n) is 8.62. The molecule has 0 saturated heterocycles. The minimum Gasteiger partial charge on any atom is -0.492 e. The van der Waals surface area contributed by atoms with Gasteiger partial charge < -0.3 is 24.7 Å². The Balaban J connectivity index is 1.60. The molecule has 182 valence electrons. The number of rotatable bonds is 8. The predicted octanol–water partition coefficient (Wildman–Crippen LogP) is 5.58. The number of nitrogens with one attached hydrogen (secondary N) is 2. The van der Waals surface area contributed by atoms with Crippen LogP contribution in [0.3, 0.4) is 0 Å². The molecular weight excluding hydrogens is 478 g/mol. The van der Waals surface area contributed by atoms with E-state index >= 15 is 0 Å². The summed E-state index contributed by atoms with van der Waals surface area (Å²) >= 11 is 6.29. The molecule has 0 atom stereocenters. The van der Waals surface area contributed by atoms with Crippen molar-refractivity contribution in [1.29, 1.82) is 0 Å². The van der Waals surface area contributed by atoms with Gasteiger partial charge in [0.25, 0.3) is 0 Å². The molecule has 0 bridgehead atoms. The third-order valence-electron chi connectivity index (χ3n) is 5.79. The van der Waals surface area contributed by atoms with E-state index in [0.29, 0.717) is 28.7 Å². The van der Waals surface area contributed by atoms with E-state index in [1.807, 2.05) is 56.7 Å². The lowest BCUT2D eigenvalue weighted by Gasteiger charge is -2.11. The Morgan fingerprint density at radius 2 is 1.89 bits per heavy atom. The fourth-order valence-corrected chi connectivity index (χ4v) is 4.23. The number of benzene rings is 2. The Morgan fingerprint density at radius 1 is 1.08 bits per heavy atom. The lowest BCUT2D eigenvalue weighted by molar-refractivity contribution is 0.0697. The van der Waals surface area contributed by atoms with Gasteiger partial charge in [0.15, 0.2) is 0 Å². The van der Waals surface area contributed by atoms with Crippen LogP contribution in [0.1, 0.15) is 10.4 Å². The number of hydrogen-bond donors (Lipinski definition) is 3. The van der Waals surface area contributed by atoms with Crippen molar-refractivity contribution >= 4 is 28.6 Å². The van der Waals surface area contributed by atoms with Crippen molar-refractivity contribution < 1.29 is 14.6 Å². The van der Waals surface area contributed by atoms with Crippen LogP contribution in [-0.4, -0.2) is 63.2 Å². The van der Waals surface area contributed by atoms with Crippen LogP contribution in [0, 0.1) is 0 Å². The highest BCUT2D eigenvalue weighted by atomic mass is 35.5. The molecule has 36 heavy (non-hydrogen) atoms. The molecule has 0 radical (unpaired) electrons. The highest BCUT2D eigenvalue weighted by molar-refractivity contribution is 6.31. The molecule has 5 rings (SSSR count). The van der Waals surface area contributed by atoms with Gasteiger partial charge in [0.05, 0.1) is 17.0 Å². The molecule has 0 amide bonds. The molecule has 3 heterocycles. The fourth-order valence-electron chi connectivity index (χ4n) is 4.00. The molecule has 9 heteroatoms. The maximum absolute atomic E-state index is 11.7. The largest absolute Gasteiger partial charge is 0.492 e. The number of aromatic amines is 2. The number of nitrogens with zero attached hydrogens (tertiary/aromatic N) is 3. The van der Waals surface area contributed by atoms with Crippen molar-refractivity contribution in [3.8, 4) is 39.7 Å². The van der Waals surface area contributed by atoms with Gasteiger partial charge in [0, 0.05) is 46.0 Å². The van der Waals surface area contributed by atoms with Crippen LogP contribution < -0.4 is 4.74 Å². The SMILES string of the molecule is CN(C)CCOc1ccc(-c2nc(-c3cc(Cl)cc(C(=O)O)c3)c(-c3ccnc4[nH]ccc34)[nH]2)cc1. The van der Waals surface area contributed by atoms with Crippen LogP contribution in [-0.2, 0) is 0 Å². The third-order valence-corrected chi connectivity index (χ3v) is 6.00. The van der Waals surface area contributed by atoms with Gasteiger partial charge >= 0.3 is 5.97 Å². The molecule has 0 fully saturated rings. The number of pyridine rings is 1. The molecule has 2 aromatic carbocycles. The minimum absolute atomic E-state index is 0.0914. The van der Waals surface area contributed by atoms with Gasteiger partial charge in [0.1, 0.15) is 23.8 Å². The van der Waals surface area contributed by atoms with E-state index in [9.17, 15) is 9.90 Å². The number of carbonyl (C=O) groups is 1. The van der Waals surface area contributed by atoms with E-state index in [2.05, 4.69) is 19.9 Å². The second kappa shape index (κ2) is 9.85. The van der Waals surface area contributed by atoms with E-state index in [-0.39, 0.29) is 5.56 Å². The molecule has 0 unspecified atom stereocenters. The highest BCUT2D eigenvalue weighted by Gasteiger charge is 2.19. The van der Waals surface area contributed by atoms with Gasteiger partial charge in [-0.1, -0.05) is 11.6 Å². The van der Waals surface area contributed by atoms with Crippen molar-refractivity contribution in [3.05, 3.63) is 77.6 Å². The average Bonchev–Trinajstić information content (AvgIpc) is 3.51. The lowest BCUT2D eigenvalue weighted by atomic mass is 10.0. The molecule has 0 aliphatic rings. The number of fused-ring (bicyclic) bond motifs is 1. The van der Waals surface area contributed by atoms with E-state index in [4.69, 9.17) is 21.3 Å². The second-order valence-corrected chi connectivity index (χ2v) is 9.05. The summed E-state index contributed by atoms with van der Waals surface area (Å²) in [6.07, 6.45) is 3.55. The first-order valence-corrected chi connectivity index (χ1v) is 11.7. The molecule has 3 aromatic heterocycles. The summed E-state index contributed by atoms with van der Waals surface area (Å²) in [6.45, 7) is 1.42. The zero-order chi connectivity index (χ0) is 25.2. The maximum Gasteiger partial charge on any atom is 0.335 e. The smallest absolute Gasteiger partial charge is 0.335 e. The maximum atomic E-state index is 11.7. The van der Waals surface area contributed by atoms with Crippen LogP contribution in [0.25, 0.3) is 44.9 Å². The van der Waals surface area contributed by atoms with Crippen LogP contribution in [0.2, 0.25) is 5.02 Å². The third kappa shape index (κ3) is 4.82. The standard InChI is InChI=1S/C27H24ClN5O3/c1-33(2)11-12-36-20-5-3-16(4-6-20)25-31-23(17-13-18(27(34)35)15-19(28)14-17)24(32-25)21-7-9-29-26-22(21)8-10-30-26/h3-10,13-15H,11-12H2,1-2H3,(H,29,30)(H,31,32)(H,34,35). The Kier molecular flexibility index (Phi) is 6.45. The molecule has 0 aliphatic heterocycles. The average molecular weight is 502 g/mol. The zero-order valence-corrected chi connectivity index (χ0v) is 20.5. The van der Waals surface area contributed by atoms with Crippen LogP contribution in [0.5, 0.6) is 5.75 Å². The van der Waals surface area contributed by atoms with Crippen LogP contribution in [0.4, 0.5) is 0 Å². The summed E-state index contributed by atoms with van der Waals surface area (Å²) in [4.78, 5) is 29.6. The Bertz CT molecular complexity index is 1540. The summed E-state index contributed by atoms with van der Waals surface area (Å²) in [5.74, 6) is 0.353. The van der Waals surface area contributed by atoms with Gasteiger partial charge in [-0.2, -0.15) is 0 Å². The number of aromatic nitrogens is 4. The van der Waals surface area contributed by atoms with Crippen molar-refractivity contribution in [3.63, 3.8) is 0 Å². The highest BCUT2D eigenvalue weighted by Crippen LogP contribution is 2.37. The first-order chi connectivity index (χ1) is 17.4. The minimum atomic E-state index is -1.06. The van der Waals surface area contributed by atoms with Crippen molar-refractivity contribution in [2.45, 2.75) is 0 Å². The van der Waals surface area contributed by atoms with Crippen LogP contribution >= 0.6 is 11.6 Å². The van der Waals surface area contributed by atoms with Crippen molar-refractivity contribution in [2.24, 2.45) is 0 Å². The van der Waals surface area contributed by atoms with Gasteiger partial charge in [-0.05, 0) is 68.7 Å². The normalized spacial score (nSPS) is 11.3. The van der Waals surface area contributed by atoms with Gasteiger partial charge in [-0.15, -0.1) is 0 Å². The number of halogens is 1. The van der Waals surface area contributed by atoms with E-state index in [1.165, 1.54) is 6.07 Å². The molecular formula is C27H24ClN5O3. The monoisotopic (exact) mass is 501 g/mol. The molecule has 0 aliphatic carbocycles. The van der Waals surface area contributed by atoms with Crippen LogP contribution in [0.15, 0.2) is 67.0 Å². The van der Waals surface area contributed by atoms with E-state index in [1.54, 1.807) is 18.3 Å². The lowest BCUT2D eigenvalue weighted by Crippen LogP contribution is -2.19. The summed E-state index contributed by atoms with van der Waals surface area (Å²) in [5, 5.41) is 10.8. The Labute approximate surface area is 212 Å². The summed E-state index contributed by atoms with van der Waals surface area (Å²) in [6, 6.07) is 16.3. The summed E-state index contributed by atoms with van der Waals surface area (Å²) in [5.41, 5.74) is 4.51. The Hall–Kier alpha value is -4.14. The number of likely N-dealkylation sites (N-methyl/N-ethyl adjacent to an activating group) is 1. The predicted molar refractivity (Wildman–Crippen MR) is 141 cm³/mol.